The van der Waals surface area contributed by atoms with Gasteiger partial charge in [-0.25, -0.2) is 8.42 Å². The first-order chi connectivity index (χ1) is 11.0. The normalized spacial score (nSPS) is 20.4. The van der Waals surface area contributed by atoms with Crippen molar-refractivity contribution in [3.05, 3.63) is 35.4 Å². The van der Waals surface area contributed by atoms with Gasteiger partial charge in [-0.05, 0) is 18.9 Å². The summed E-state index contributed by atoms with van der Waals surface area (Å²) in [6.07, 6.45) is 0.658. The predicted octanol–water partition coefficient (Wildman–Crippen LogP) is 1.58. The zero-order valence-corrected chi connectivity index (χ0v) is 15.3. The molecule has 1 aliphatic heterocycles. The number of nitrogens with one attached hydrogen (secondary N) is 2. The number of benzene rings is 1. The molecule has 0 amide bonds. The quantitative estimate of drug-likeness (QED) is 0.461. The molecule has 1 fully saturated rings. The summed E-state index contributed by atoms with van der Waals surface area (Å²) in [4.78, 5) is 4.16. The number of nitrogens with zero attached hydrogens (tertiary/aromatic N) is 1. The zero-order chi connectivity index (χ0) is 16.7. The Morgan fingerprint density at radius 2 is 2.09 bits per heavy atom. The van der Waals surface area contributed by atoms with Crippen molar-refractivity contribution in [2.75, 3.05) is 30.9 Å². The van der Waals surface area contributed by atoms with Crippen LogP contribution < -0.4 is 10.6 Å². The molecule has 0 aliphatic carbocycles. The van der Waals surface area contributed by atoms with E-state index in [0.29, 0.717) is 12.4 Å². The van der Waals surface area contributed by atoms with Gasteiger partial charge in [0.1, 0.15) is 0 Å². The Kier molecular flexibility index (Phi) is 6.77. The van der Waals surface area contributed by atoms with E-state index >= 15 is 0 Å². The van der Waals surface area contributed by atoms with E-state index in [1.54, 1.807) is 7.05 Å². The maximum absolute atomic E-state index is 11.5. The largest absolute Gasteiger partial charge is 0.356 e. The van der Waals surface area contributed by atoms with Crippen LogP contribution in [0.5, 0.6) is 0 Å². The van der Waals surface area contributed by atoms with Crippen LogP contribution in [0.2, 0.25) is 0 Å². The van der Waals surface area contributed by atoms with Gasteiger partial charge >= 0.3 is 0 Å². The molecule has 0 bridgehead atoms. The third-order valence-corrected chi connectivity index (χ3v) is 6.52. The lowest BCUT2D eigenvalue weighted by Gasteiger charge is -2.15. The number of sulfone groups is 1. The van der Waals surface area contributed by atoms with Crippen molar-refractivity contribution < 1.29 is 8.42 Å². The molecule has 23 heavy (non-hydrogen) atoms. The van der Waals surface area contributed by atoms with Crippen LogP contribution in [0.25, 0.3) is 0 Å². The lowest BCUT2D eigenvalue weighted by Crippen LogP contribution is -2.44. The van der Waals surface area contributed by atoms with Gasteiger partial charge in [-0.2, -0.15) is 11.8 Å². The molecule has 1 aromatic carbocycles. The number of aryl methyl sites for hydroxylation is 1. The third-order valence-electron chi connectivity index (χ3n) is 3.73. The molecule has 0 saturated carbocycles. The highest BCUT2D eigenvalue weighted by Crippen LogP contribution is 2.13. The molecule has 1 unspecified atom stereocenters. The van der Waals surface area contributed by atoms with Crippen molar-refractivity contribution in [3.8, 4) is 0 Å². The first-order valence-corrected chi connectivity index (χ1v) is 10.8. The number of aliphatic imine (C=N–C) groups is 1. The highest BCUT2D eigenvalue weighted by Gasteiger charge is 2.28. The number of rotatable bonds is 6. The molecule has 5 nitrogen and oxygen atoms in total. The maximum atomic E-state index is 11.5. The van der Waals surface area contributed by atoms with E-state index in [1.807, 2.05) is 11.8 Å². The summed E-state index contributed by atoms with van der Waals surface area (Å²) in [6, 6.07) is 8.57. The average Bonchev–Trinajstić information content (AvgIpc) is 2.86. The van der Waals surface area contributed by atoms with Crippen LogP contribution in [0.4, 0.5) is 0 Å². The second kappa shape index (κ2) is 8.59. The minimum Gasteiger partial charge on any atom is -0.356 e. The molecule has 1 heterocycles. The predicted molar refractivity (Wildman–Crippen MR) is 98.9 cm³/mol. The number of hydrogen-bond donors (Lipinski definition) is 2. The number of hydrogen-bond acceptors (Lipinski definition) is 4. The number of thioether (sulfide) groups is 1. The minimum atomic E-state index is -2.86. The zero-order valence-electron chi connectivity index (χ0n) is 13.7. The smallest absolute Gasteiger partial charge is 0.191 e. The van der Waals surface area contributed by atoms with Gasteiger partial charge in [-0.1, -0.05) is 29.8 Å². The van der Waals surface area contributed by atoms with Crippen LogP contribution in [0.3, 0.4) is 0 Å². The molecular formula is C16H25N3O2S2. The molecule has 0 radical (unpaired) electrons. The van der Waals surface area contributed by atoms with Crippen LogP contribution in [0.1, 0.15) is 17.5 Å². The molecule has 0 aromatic heterocycles. The van der Waals surface area contributed by atoms with Gasteiger partial charge in [0.05, 0.1) is 11.5 Å². The summed E-state index contributed by atoms with van der Waals surface area (Å²) in [5.41, 5.74) is 2.61. The Labute approximate surface area is 143 Å². The molecular weight excluding hydrogens is 330 g/mol. The number of guanidine groups is 1. The fourth-order valence-corrected chi connectivity index (χ4v) is 4.90. The van der Waals surface area contributed by atoms with E-state index in [1.165, 1.54) is 11.1 Å². The van der Waals surface area contributed by atoms with E-state index in [0.717, 1.165) is 18.1 Å². The van der Waals surface area contributed by atoms with Crippen molar-refractivity contribution in [3.63, 3.8) is 0 Å². The van der Waals surface area contributed by atoms with Crippen LogP contribution in [-0.4, -0.2) is 51.3 Å². The Hall–Kier alpha value is -1.21. The molecule has 7 heteroatoms. The third kappa shape index (κ3) is 6.43. The highest BCUT2D eigenvalue weighted by molar-refractivity contribution is 7.98. The Balaban J connectivity index is 1.63. The van der Waals surface area contributed by atoms with Crippen molar-refractivity contribution in [2.24, 2.45) is 4.99 Å². The van der Waals surface area contributed by atoms with Gasteiger partial charge in [0, 0.05) is 31.1 Å². The molecule has 128 valence electrons. The van der Waals surface area contributed by atoms with Crippen LogP contribution in [0, 0.1) is 6.92 Å². The van der Waals surface area contributed by atoms with Crippen molar-refractivity contribution in [1.82, 2.24) is 10.6 Å². The Bertz CT molecular complexity index is 627. The van der Waals surface area contributed by atoms with Crippen LogP contribution in [-0.2, 0) is 15.6 Å². The second-order valence-corrected chi connectivity index (χ2v) is 9.12. The molecule has 2 N–H and O–H groups in total. The van der Waals surface area contributed by atoms with E-state index in [4.69, 9.17) is 0 Å². The van der Waals surface area contributed by atoms with Crippen molar-refractivity contribution in [2.45, 2.75) is 25.1 Å². The molecule has 0 spiro atoms. The fraction of sp³-hybridized carbons (Fsp3) is 0.562. The van der Waals surface area contributed by atoms with E-state index < -0.39 is 9.84 Å². The fourth-order valence-electron chi connectivity index (χ4n) is 2.41. The summed E-state index contributed by atoms with van der Waals surface area (Å²) in [5, 5.41) is 6.43. The van der Waals surface area contributed by atoms with Crippen LogP contribution >= 0.6 is 11.8 Å². The maximum Gasteiger partial charge on any atom is 0.191 e. The molecule has 2 rings (SSSR count). The summed E-state index contributed by atoms with van der Waals surface area (Å²) in [7, 11) is -1.15. The Morgan fingerprint density at radius 1 is 1.35 bits per heavy atom. The van der Waals surface area contributed by atoms with E-state index in [-0.39, 0.29) is 17.5 Å². The molecule has 1 aliphatic rings. The lowest BCUT2D eigenvalue weighted by molar-refractivity contribution is 0.599. The molecule has 1 aromatic rings. The first-order valence-electron chi connectivity index (χ1n) is 7.79. The highest BCUT2D eigenvalue weighted by atomic mass is 32.2. The topological polar surface area (TPSA) is 70.6 Å². The SMILES string of the molecule is CN=C(NCCSCc1ccc(C)cc1)NC1CCS(=O)(=O)C1. The Morgan fingerprint density at radius 3 is 2.70 bits per heavy atom. The molecule has 1 atom stereocenters. The van der Waals surface area contributed by atoms with Gasteiger partial charge in [0.25, 0.3) is 0 Å². The van der Waals surface area contributed by atoms with Gasteiger partial charge in [0.2, 0.25) is 0 Å². The second-order valence-electron chi connectivity index (χ2n) is 5.78. The summed E-state index contributed by atoms with van der Waals surface area (Å²) in [6.45, 7) is 2.89. The molecule has 1 saturated heterocycles. The van der Waals surface area contributed by atoms with E-state index in [9.17, 15) is 8.42 Å². The van der Waals surface area contributed by atoms with Crippen molar-refractivity contribution >= 4 is 27.6 Å². The minimum absolute atomic E-state index is 0.0218. The summed E-state index contributed by atoms with van der Waals surface area (Å²) >= 11 is 1.87. The van der Waals surface area contributed by atoms with Crippen LogP contribution in [0.15, 0.2) is 29.3 Å². The van der Waals surface area contributed by atoms with Gasteiger partial charge in [-0.15, -0.1) is 0 Å². The van der Waals surface area contributed by atoms with Gasteiger partial charge < -0.3 is 10.6 Å². The van der Waals surface area contributed by atoms with E-state index in [2.05, 4.69) is 46.8 Å². The standard InChI is InChI=1S/C16H25N3O2S2/c1-13-3-5-14(6-4-13)11-22-9-8-18-16(17-2)19-15-7-10-23(20,21)12-15/h3-6,15H,7-12H2,1-2H3,(H2,17,18,19). The first kappa shape index (κ1) is 18.1. The van der Waals surface area contributed by atoms with Gasteiger partial charge in [-0.3, -0.25) is 4.99 Å². The summed E-state index contributed by atoms with van der Waals surface area (Å²) in [5.74, 6) is 3.12. The lowest BCUT2D eigenvalue weighted by atomic mass is 10.2. The summed E-state index contributed by atoms with van der Waals surface area (Å²) < 4.78 is 22.9. The van der Waals surface area contributed by atoms with Gasteiger partial charge in [0.15, 0.2) is 15.8 Å². The average molecular weight is 356 g/mol. The monoisotopic (exact) mass is 355 g/mol. The van der Waals surface area contributed by atoms with Crippen molar-refractivity contribution in [1.29, 1.82) is 0 Å².